The van der Waals surface area contributed by atoms with Crippen molar-refractivity contribution in [2.24, 2.45) is 5.92 Å². The summed E-state index contributed by atoms with van der Waals surface area (Å²) in [5.41, 5.74) is 0. The molecule has 1 aliphatic carbocycles. The van der Waals surface area contributed by atoms with Crippen LogP contribution in [0.4, 0.5) is 0 Å². The van der Waals surface area contributed by atoms with Crippen LogP contribution in [0.1, 0.15) is 52.4 Å². The van der Waals surface area contributed by atoms with Gasteiger partial charge in [0.1, 0.15) is 0 Å². The molecule has 1 saturated carbocycles. The van der Waals surface area contributed by atoms with Crippen molar-refractivity contribution >= 4 is 0 Å². The van der Waals surface area contributed by atoms with Gasteiger partial charge in [-0.3, -0.25) is 0 Å². The Morgan fingerprint density at radius 1 is 1.27 bits per heavy atom. The lowest BCUT2D eigenvalue weighted by molar-refractivity contribution is 0.141. The monoisotopic (exact) mass is 213 g/mol. The zero-order chi connectivity index (χ0) is 11.1. The van der Waals surface area contributed by atoms with Crippen LogP contribution in [-0.4, -0.2) is 25.8 Å². The van der Waals surface area contributed by atoms with Crippen LogP contribution in [0, 0.1) is 5.92 Å². The first kappa shape index (κ1) is 13.0. The molecule has 1 aliphatic rings. The molecule has 2 heteroatoms. The van der Waals surface area contributed by atoms with Crippen LogP contribution in [0.2, 0.25) is 0 Å². The van der Waals surface area contributed by atoms with E-state index in [9.17, 15) is 0 Å². The van der Waals surface area contributed by atoms with E-state index in [0.717, 1.165) is 18.6 Å². The molecule has 0 radical (unpaired) electrons. The van der Waals surface area contributed by atoms with E-state index in [0.29, 0.717) is 6.04 Å². The molecular formula is C13H27NO. The molecule has 0 aromatic rings. The van der Waals surface area contributed by atoms with Gasteiger partial charge in [-0.15, -0.1) is 0 Å². The molecule has 0 amide bonds. The topological polar surface area (TPSA) is 21.3 Å². The van der Waals surface area contributed by atoms with Crippen molar-refractivity contribution in [3.63, 3.8) is 0 Å². The first-order chi connectivity index (χ1) is 7.31. The van der Waals surface area contributed by atoms with Gasteiger partial charge in [0.25, 0.3) is 0 Å². The van der Waals surface area contributed by atoms with Gasteiger partial charge in [-0.1, -0.05) is 33.1 Å². The first-order valence-corrected chi connectivity index (χ1v) is 6.56. The highest BCUT2D eigenvalue weighted by Crippen LogP contribution is 2.27. The van der Waals surface area contributed by atoms with Gasteiger partial charge in [-0.05, 0) is 25.2 Å². The standard InChI is InChI=1S/C13H27NO/c1-4-11-8-6-7-9-13(11)14-12(5-2)10-15-3/h11-14H,4-10H2,1-3H3. The van der Waals surface area contributed by atoms with Gasteiger partial charge in [0, 0.05) is 19.2 Å². The zero-order valence-electron chi connectivity index (χ0n) is 10.6. The Labute approximate surface area is 94.8 Å². The van der Waals surface area contributed by atoms with Gasteiger partial charge >= 0.3 is 0 Å². The molecule has 2 nitrogen and oxygen atoms in total. The van der Waals surface area contributed by atoms with E-state index in [1.54, 1.807) is 7.11 Å². The highest BCUT2D eigenvalue weighted by Gasteiger charge is 2.24. The fourth-order valence-corrected chi connectivity index (χ4v) is 2.70. The molecule has 1 rings (SSSR count). The van der Waals surface area contributed by atoms with Gasteiger partial charge in [0.15, 0.2) is 0 Å². The van der Waals surface area contributed by atoms with Crippen LogP contribution in [0.15, 0.2) is 0 Å². The highest BCUT2D eigenvalue weighted by molar-refractivity contribution is 4.82. The molecule has 0 spiro atoms. The van der Waals surface area contributed by atoms with Crippen molar-refractivity contribution < 1.29 is 4.74 Å². The molecule has 1 fully saturated rings. The van der Waals surface area contributed by atoms with E-state index >= 15 is 0 Å². The zero-order valence-corrected chi connectivity index (χ0v) is 10.6. The minimum absolute atomic E-state index is 0.548. The average molecular weight is 213 g/mol. The van der Waals surface area contributed by atoms with Crippen LogP contribution in [0.3, 0.4) is 0 Å². The maximum Gasteiger partial charge on any atom is 0.0615 e. The number of rotatable bonds is 6. The van der Waals surface area contributed by atoms with Crippen molar-refractivity contribution in [2.75, 3.05) is 13.7 Å². The number of hydrogen-bond acceptors (Lipinski definition) is 2. The molecule has 1 N–H and O–H groups in total. The molecule has 0 saturated heterocycles. The largest absolute Gasteiger partial charge is 0.383 e. The van der Waals surface area contributed by atoms with Crippen molar-refractivity contribution in [1.29, 1.82) is 0 Å². The Bertz CT molecular complexity index is 161. The summed E-state index contributed by atoms with van der Waals surface area (Å²) in [6, 6.07) is 1.29. The summed E-state index contributed by atoms with van der Waals surface area (Å²) >= 11 is 0. The number of methoxy groups -OCH3 is 1. The van der Waals surface area contributed by atoms with E-state index in [2.05, 4.69) is 19.2 Å². The third-order valence-electron chi connectivity index (χ3n) is 3.74. The van der Waals surface area contributed by atoms with Gasteiger partial charge in [0.2, 0.25) is 0 Å². The Hall–Kier alpha value is -0.0800. The second-order valence-corrected chi connectivity index (χ2v) is 4.79. The molecule has 3 unspecified atom stereocenters. The molecule has 90 valence electrons. The second kappa shape index (κ2) is 7.24. The van der Waals surface area contributed by atoms with Crippen LogP contribution in [-0.2, 0) is 4.74 Å². The number of ether oxygens (including phenoxy) is 1. The van der Waals surface area contributed by atoms with Crippen molar-refractivity contribution in [1.82, 2.24) is 5.32 Å². The molecule has 3 atom stereocenters. The smallest absolute Gasteiger partial charge is 0.0615 e. The van der Waals surface area contributed by atoms with Crippen LogP contribution >= 0.6 is 0 Å². The summed E-state index contributed by atoms with van der Waals surface area (Å²) in [6.45, 7) is 5.41. The predicted octanol–water partition coefficient (Wildman–Crippen LogP) is 2.97. The third kappa shape index (κ3) is 4.12. The number of nitrogens with one attached hydrogen (secondary N) is 1. The summed E-state index contributed by atoms with van der Waals surface area (Å²) in [7, 11) is 1.79. The maximum atomic E-state index is 5.24. The fraction of sp³-hybridized carbons (Fsp3) is 1.00. The SMILES string of the molecule is CCC(COC)NC1CCCCC1CC. The lowest BCUT2D eigenvalue weighted by Gasteiger charge is -2.34. The molecule has 0 heterocycles. The van der Waals surface area contributed by atoms with Gasteiger partial charge in [-0.2, -0.15) is 0 Å². The Morgan fingerprint density at radius 2 is 2.00 bits per heavy atom. The van der Waals surface area contributed by atoms with E-state index in [-0.39, 0.29) is 0 Å². The quantitative estimate of drug-likeness (QED) is 0.732. The molecular weight excluding hydrogens is 186 g/mol. The fourth-order valence-electron chi connectivity index (χ4n) is 2.70. The maximum absolute atomic E-state index is 5.24. The second-order valence-electron chi connectivity index (χ2n) is 4.79. The molecule has 0 aliphatic heterocycles. The highest BCUT2D eigenvalue weighted by atomic mass is 16.5. The van der Waals surface area contributed by atoms with E-state index in [1.165, 1.54) is 38.5 Å². The minimum atomic E-state index is 0.548. The van der Waals surface area contributed by atoms with E-state index in [1.807, 2.05) is 0 Å². The van der Waals surface area contributed by atoms with Gasteiger partial charge in [-0.25, -0.2) is 0 Å². The summed E-state index contributed by atoms with van der Waals surface area (Å²) in [5, 5.41) is 3.78. The predicted molar refractivity (Wildman–Crippen MR) is 65.1 cm³/mol. The summed E-state index contributed by atoms with van der Waals surface area (Å²) < 4.78 is 5.24. The summed E-state index contributed by atoms with van der Waals surface area (Å²) in [4.78, 5) is 0. The van der Waals surface area contributed by atoms with E-state index < -0.39 is 0 Å². The van der Waals surface area contributed by atoms with Gasteiger partial charge < -0.3 is 10.1 Å². The van der Waals surface area contributed by atoms with Crippen molar-refractivity contribution in [2.45, 2.75) is 64.5 Å². The van der Waals surface area contributed by atoms with Crippen LogP contribution < -0.4 is 5.32 Å². The third-order valence-corrected chi connectivity index (χ3v) is 3.74. The van der Waals surface area contributed by atoms with Crippen molar-refractivity contribution in [3.05, 3.63) is 0 Å². The Balaban J connectivity index is 2.38. The van der Waals surface area contributed by atoms with Crippen molar-refractivity contribution in [3.8, 4) is 0 Å². The first-order valence-electron chi connectivity index (χ1n) is 6.56. The number of hydrogen-bond donors (Lipinski definition) is 1. The minimum Gasteiger partial charge on any atom is -0.383 e. The molecule has 0 aromatic carbocycles. The van der Waals surface area contributed by atoms with Gasteiger partial charge in [0.05, 0.1) is 6.61 Å². The summed E-state index contributed by atoms with van der Waals surface area (Å²) in [6.07, 6.45) is 8.09. The Kier molecular flexibility index (Phi) is 6.26. The molecule has 15 heavy (non-hydrogen) atoms. The lowest BCUT2D eigenvalue weighted by Crippen LogP contribution is -2.45. The average Bonchev–Trinajstić information content (AvgIpc) is 2.29. The lowest BCUT2D eigenvalue weighted by atomic mass is 9.82. The molecule has 0 bridgehead atoms. The van der Waals surface area contributed by atoms with E-state index in [4.69, 9.17) is 4.74 Å². The van der Waals surface area contributed by atoms with Crippen LogP contribution in [0.5, 0.6) is 0 Å². The molecule has 0 aromatic heterocycles. The summed E-state index contributed by atoms with van der Waals surface area (Å²) in [5.74, 6) is 0.893. The van der Waals surface area contributed by atoms with Crippen LogP contribution in [0.25, 0.3) is 0 Å². The normalized spacial score (nSPS) is 29.0. The Morgan fingerprint density at radius 3 is 2.60 bits per heavy atom.